The monoisotopic (exact) mass is 329 g/mol. The summed E-state index contributed by atoms with van der Waals surface area (Å²) in [6, 6.07) is 15.4. The second-order valence-electron chi connectivity index (χ2n) is 5.59. The normalized spacial score (nSPS) is 20.3. The van der Waals surface area contributed by atoms with Crippen molar-refractivity contribution in [3.63, 3.8) is 0 Å². The van der Waals surface area contributed by atoms with Gasteiger partial charge in [0.15, 0.2) is 0 Å². The van der Waals surface area contributed by atoms with Crippen LogP contribution < -0.4 is 4.74 Å². The minimum atomic E-state index is -4.17. The van der Waals surface area contributed by atoms with E-state index in [2.05, 4.69) is 6.07 Å². The number of hydrogen-bond acceptors (Lipinski definition) is 4. The number of hydrogen-bond donors (Lipinski definition) is 1. The molecule has 0 aliphatic heterocycles. The molecule has 0 atom stereocenters. The second kappa shape index (κ2) is 6.03. The number of rotatable bonds is 4. The molecule has 0 radical (unpaired) electrons. The molecule has 118 valence electrons. The summed E-state index contributed by atoms with van der Waals surface area (Å²) in [6.07, 6.45) is 1.85. The molecule has 0 aromatic heterocycles. The highest BCUT2D eigenvalue weighted by molar-refractivity contribution is 7.85. The quantitative estimate of drug-likeness (QED) is 0.871. The average Bonchev–Trinajstić information content (AvgIpc) is 2.50. The van der Waals surface area contributed by atoms with Crippen molar-refractivity contribution >= 4 is 10.1 Å². The van der Waals surface area contributed by atoms with E-state index in [1.165, 1.54) is 29.8 Å². The van der Waals surface area contributed by atoms with Gasteiger partial charge in [0.05, 0.1) is 22.6 Å². The molecule has 0 spiro atoms. The van der Waals surface area contributed by atoms with E-state index < -0.39 is 10.1 Å². The fourth-order valence-electron chi connectivity index (χ4n) is 2.65. The first-order valence-corrected chi connectivity index (χ1v) is 8.64. The lowest BCUT2D eigenvalue weighted by Crippen LogP contribution is -2.32. The summed E-state index contributed by atoms with van der Waals surface area (Å²) < 4.78 is 36.7. The van der Waals surface area contributed by atoms with Crippen molar-refractivity contribution in [2.45, 2.75) is 29.8 Å². The Labute approximate surface area is 134 Å². The highest BCUT2D eigenvalue weighted by Gasteiger charge is 2.32. The third-order valence-corrected chi connectivity index (χ3v) is 4.90. The van der Waals surface area contributed by atoms with Crippen LogP contribution in [0.1, 0.15) is 29.9 Å². The van der Waals surface area contributed by atoms with Gasteiger partial charge in [0.1, 0.15) is 5.75 Å². The van der Waals surface area contributed by atoms with Gasteiger partial charge < -0.3 is 4.74 Å². The molecule has 0 heterocycles. The zero-order chi connectivity index (χ0) is 16.4. The number of benzene rings is 2. The van der Waals surface area contributed by atoms with Crippen LogP contribution in [-0.2, 0) is 10.1 Å². The molecule has 3 rings (SSSR count). The van der Waals surface area contributed by atoms with Crippen LogP contribution in [0, 0.1) is 11.3 Å². The molecule has 0 unspecified atom stereocenters. The molecule has 2 aromatic rings. The average molecular weight is 329 g/mol. The molecule has 5 nitrogen and oxygen atoms in total. The first-order chi connectivity index (χ1) is 11.0. The maximum absolute atomic E-state index is 11.0. The topological polar surface area (TPSA) is 87.4 Å². The molecule has 1 aliphatic rings. The van der Waals surface area contributed by atoms with Gasteiger partial charge in [-0.1, -0.05) is 12.1 Å². The maximum Gasteiger partial charge on any atom is 0.294 e. The SMILES string of the molecule is N#Cc1ccc(C2CC(Oc3ccc(S(=O)(=O)O)cc3)C2)cc1. The zero-order valence-electron chi connectivity index (χ0n) is 12.2. The predicted molar refractivity (Wildman–Crippen MR) is 83.8 cm³/mol. The zero-order valence-corrected chi connectivity index (χ0v) is 13.0. The van der Waals surface area contributed by atoms with Gasteiger partial charge in [-0.2, -0.15) is 13.7 Å². The van der Waals surface area contributed by atoms with Crippen molar-refractivity contribution in [3.8, 4) is 11.8 Å². The predicted octanol–water partition coefficient (Wildman–Crippen LogP) is 3.13. The molecule has 6 heteroatoms. The smallest absolute Gasteiger partial charge is 0.294 e. The molecule has 0 amide bonds. The molecule has 0 saturated heterocycles. The summed E-state index contributed by atoms with van der Waals surface area (Å²) in [6.45, 7) is 0. The number of nitrogens with zero attached hydrogens (tertiary/aromatic N) is 1. The molecule has 1 N–H and O–H groups in total. The summed E-state index contributed by atoms with van der Waals surface area (Å²) in [4.78, 5) is -0.145. The molecule has 23 heavy (non-hydrogen) atoms. The minimum Gasteiger partial charge on any atom is -0.490 e. The van der Waals surface area contributed by atoms with Crippen molar-refractivity contribution in [2.75, 3.05) is 0 Å². The summed E-state index contributed by atoms with van der Waals surface area (Å²) in [5.74, 6) is 1.01. The van der Waals surface area contributed by atoms with Gasteiger partial charge in [-0.05, 0) is 60.7 Å². The summed E-state index contributed by atoms with van der Waals surface area (Å²) in [5.41, 5.74) is 1.85. The number of ether oxygens (including phenoxy) is 1. The summed E-state index contributed by atoms with van der Waals surface area (Å²) in [7, 11) is -4.17. The van der Waals surface area contributed by atoms with E-state index >= 15 is 0 Å². The lowest BCUT2D eigenvalue weighted by atomic mass is 9.77. The van der Waals surface area contributed by atoms with Gasteiger partial charge in [-0.25, -0.2) is 0 Å². The van der Waals surface area contributed by atoms with Crippen LogP contribution in [0.5, 0.6) is 5.75 Å². The Hall–Kier alpha value is -2.36. The third kappa shape index (κ3) is 3.52. The Morgan fingerprint density at radius 2 is 1.65 bits per heavy atom. The van der Waals surface area contributed by atoms with E-state index in [-0.39, 0.29) is 11.0 Å². The van der Waals surface area contributed by atoms with Gasteiger partial charge >= 0.3 is 0 Å². The standard InChI is InChI=1S/C17H15NO4S/c18-11-12-1-3-13(4-2-12)14-9-16(10-14)22-15-5-7-17(8-6-15)23(19,20)21/h1-8,14,16H,9-10H2,(H,19,20,21). The Balaban J connectivity index is 1.56. The van der Waals surface area contributed by atoms with E-state index in [9.17, 15) is 8.42 Å². The highest BCUT2D eigenvalue weighted by atomic mass is 32.2. The van der Waals surface area contributed by atoms with E-state index in [1.807, 2.05) is 24.3 Å². The van der Waals surface area contributed by atoms with Crippen LogP contribution in [0.25, 0.3) is 0 Å². The first-order valence-electron chi connectivity index (χ1n) is 7.20. The van der Waals surface area contributed by atoms with Gasteiger partial charge in [0, 0.05) is 0 Å². The minimum absolute atomic E-state index is 0.0900. The van der Waals surface area contributed by atoms with Crippen LogP contribution in [0.15, 0.2) is 53.4 Å². The van der Waals surface area contributed by atoms with Crippen LogP contribution in [0.4, 0.5) is 0 Å². The van der Waals surface area contributed by atoms with Gasteiger partial charge in [-0.15, -0.1) is 0 Å². The molecule has 1 fully saturated rings. The largest absolute Gasteiger partial charge is 0.490 e. The van der Waals surface area contributed by atoms with Crippen LogP contribution >= 0.6 is 0 Å². The van der Waals surface area contributed by atoms with E-state index in [1.54, 1.807) is 0 Å². The van der Waals surface area contributed by atoms with Crippen molar-refractivity contribution in [1.82, 2.24) is 0 Å². The van der Waals surface area contributed by atoms with Crippen molar-refractivity contribution in [2.24, 2.45) is 0 Å². The fourth-order valence-corrected chi connectivity index (χ4v) is 3.13. The van der Waals surface area contributed by atoms with Crippen LogP contribution in [-0.4, -0.2) is 19.1 Å². The van der Waals surface area contributed by atoms with E-state index in [4.69, 9.17) is 14.6 Å². The van der Waals surface area contributed by atoms with Crippen molar-refractivity contribution in [1.29, 1.82) is 5.26 Å². The first kappa shape index (κ1) is 15.5. The lowest BCUT2D eigenvalue weighted by Gasteiger charge is -2.35. The van der Waals surface area contributed by atoms with E-state index in [0.717, 1.165) is 12.8 Å². The number of nitriles is 1. The Kier molecular flexibility index (Phi) is 4.07. The van der Waals surface area contributed by atoms with Gasteiger partial charge in [-0.3, -0.25) is 4.55 Å². The third-order valence-electron chi connectivity index (χ3n) is 4.03. The summed E-state index contributed by atoms with van der Waals surface area (Å²) >= 11 is 0. The van der Waals surface area contributed by atoms with Gasteiger partial charge in [0.25, 0.3) is 10.1 Å². The van der Waals surface area contributed by atoms with Crippen molar-refractivity contribution in [3.05, 3.63) is 59.7 Å². The van der Waals surface area contributed by atoms with Crippen molar-refractivity contribution < 1.29 is 17.7 Å². The highest BCUT2D eigenvalue weighted by Crippen LogP contribution is 2.39. The van der Waals surface area contributed by atoms with E-state index in [0.29, 0.717) is 17.2 Å². The summed E-state index contributed by atoms with van der Waals surface area (Å²) in [5, 5.41) is 8.79. The Morgan fingerprint density at radius 1 is 1.04 bits per heavy atom. The second-order valence-corrected chi connectivity index (χ2v) is 7.01. The van der Waals surface area contributed by atoms with Gasteiger partial charge in [0.2, 0.25) is 0 Å². The Morgan fingerprint density at radius 3 is 2.17 bits per heavy atom. The molecule has 2 aromatic carbocycles. The Bertz CT molecular complexity index is 830. The molecular weight excluding hydrogens is 314 g/mol. The molecular formula is C17H15NO4S. The molecule has 1 saturated carbocycles. The lowest BCUT2D eigenvalue weighted by molar-refractivity contribution is 0.0985. The molecule has 1 aliphatic carbocycles. The molecule has 0 bridgehead atoms. The van der Waals surface area contributed by atoms with Crippen LogP contribution in [0.2, 0.25) is 0 Å². The van der Waals surface area contributed by atoms with Crippen LogP contribution in [0.3, 0.4) is 0 Å². The fraction of sp³-hybridized carbons (Fsp3) is 0.235. The maximum atomic E-state index is 11.0.